The number of benzene rings is 1. The van der Waals surface area contributed by atoms with Gasteiger partial charge in [-0.05, 0) is 36.8 Å². The number of hydrogen-bond donors (Lipinski definition) is 2. The SMILES string of the molecule is COc1ccccc1-c1nnc(SCc2nc3sc(C(=O)O)c(C)c3c(=O)[nH]2)n1Cc1ccco1. The van der Waals surface area contributed by atoms with Gasteiger partial charge in [0.2, 0.25) is 0 Å². The van der Waals surface area contributed by atoms with Crippen LogP contribution in [0.1, 0.15) is 26.8 Å². The van der Waals surface area contributed by atoms with E-state index >= 15 is 0 Å². The summed E-state index contributed by atoms with van der Waals surface area (Å²) in [5, 5.41) is 19.1. The molecule has 0 radical (unpaired) electrons. The summed E-state index contributed by atoms with van der Waals surface area (Å²) in [5.41, 5.74) is 0.841. The molecule has 35 heavy (non-hydrogen) atoms. The second-order valence-corrected chi connectivity index (χ2v) is 9.46. The van der Waals surface area contributed by atoms with Gasteiger partial charge in [-0.3, -0.25) is 9.36 Å². The molecule has 0 aliphatic rings. The highest BCUT2D eigenvalue weighted by Crippen LogP contribution is 2.33. The second-order valence-electron chi connectivity index (χ2n) is 7.51. The smallest absolute Gasteiger partial charge is 0.346 e. The van der Waals surface area contributed by atoms with Gasteiger partial charge in [-0.1, -0.05) is 23.9 Å². The maximum atomic E-state index is 12.7. The number of furan rings is 1. The molecule has 178 valence electrons. The number of fused-ring (bicyclic) bond motifs is 1. The highest BCUT2D eigenvalue weighted by atomic mass is 32.2. The van der Waals surface area contributed by atoms with Gasteiger partial charge in [0.05, 0.1) is 36.6 Å². The van der Waals surface area contributed by atoms with Crippen LogP contribution >= 0.6 is 23.1 Å². The summed E-state index contributed by atoms with van der Waals surface area (Å²) in [7, 11) is 1.60. The fourth-order valence-electron chi connectivity index (χ4n) is 3.72. The lowest BCUT2D eigenvalue weighted by Crippen LogP contribution is -2.11. The predicted molar refractivity (Wildman–Crippen MR) is 131 cm³/mol. The molecule has 10 nitrogen and oxygen atoms in total. The minimum absolute atomic E-state index is 0.113. The van der Waals surface area contributed by atoms with E-state index in [1.165, 1.54) is 11.8 Å². The number of aryl methyl sites for hydroxylation is 1. The Morgan fingerprint density at radius 2 is 2.09 bits per heavy atom. The number of hydrogen-bond acceptors (Lipinski definition) is 9. The molecule has 0 saturated carbocycles. The molecular weight excluding hydrogens is 490 g/mol. The van der Waals surface area contributed by atoms with Gasteiger partial charge in [0.25, 0.3) is 5.56 Å². The second kappa shape index (κ2) is 9.39. The molecule has 5 aromatic rings. The van der Waals surface area contributed by atoms with Gasteiger partial charge in [-0.25, -0.2) is 9.78 Å². The number of para-hydroxylation sites is 1. The third-order valence-corrected chi connectivity index (χ3v) is 7.49. The zero-order chi connectivity index (χ0) is 24.5. The summed E-state index contributed by atoms with van der Waals surface area (Å²) < 4.78 is 13.0. The van der Waals surface area contributed by atoms with Crippen molar-refractivity contribution in [1.82, 2.24) is 24.7 Å². The van der Waals surface area contributed by atoms with Crippen LogP contribution < -0.4 is 10.3 Å². The fraction of sp³-hybridized carbons (Fsp3) is 0.174. The summed E-state index contributed by atoms with van der Waals surface area (Å²) in [4.78, 5) is 31.9. The van der Waals surface area contributed by atoms with Crippen molar-refractivity contribution in [2.45, 2.75) is 24.4 Å². The van der Waals surface area contributed by atoms with Crippen LogP contribution in [0.4, 0.5) is 0 Å². The lowest BCUT2D eigenvalue weighted by molar-refractivity contribution is 0.0701. The molecule has 4 heterocycles. The average Bonchev–Trinajstić information content (AvgIpc) is 3.58. The summed E-state index contributed by atoms with van der Waals surface area (Å²) in [5.74, 6) is 1.64. The van der Waals surface area contributed by atoms with Crippen LogP contribution in [-0.2, 0) is 12.3 Å². The topological polar surface area (TPSA) is 136 Å². The van der Waals surface area contributed by atoms with Gasteiger partial charge in [0.1, 0.15) is 27.0 Å². The Bertz CT molecular complexity index is 1590. The van der Waals surface area contributed by atoms with Crippen molar-refractivity contribution >= 4 is 39.3 Å². The molecule has 5 rings (SSSR count). The summed E-state index contributed by atoms with van der Waals surface area (Å²) >= 11 is 2.34. The minimum atomic E-state index is -1.07. The van der Waals surface area contributed by atoms with Crippen molar-refractivity contribution in [3.63, 3.8) is 0 Å². The molecule has 0 atom stereocenters. The molecule has 4 aromatic heterocycles. The Hall–Kier alpha value is -3.90. The average molecular weight is 510 g/mol. The van der Waals surface area contributed by atoms with E-state index < -0.39 is 5.97 Å². The zero-order valence-corrected chi connectivity index (χ0v) is 20.3. The van der Waals surface area contributed by atoms with Crippen molar-refractivity contribution < 1.29 is 19.1 Å². The summed E-state index contributed by atoms with van der Waals surface area (Å²) in [6.07, 6.45) is 1.60. The van der Waals surface area contributed by atoms with Crippen molar-refractivity contribution in [3.8, 4) is 17.1 Å². The van der Waals surface area contributed by atoms with E-state index in [0.29, 0.717) is 50.6 Å². The maximum Gasteiger partial charge on any atom is 0.346 e. The Kier molecular flexibility index (Phi) is 6.14. The number of nitrogens with zero attached hydrogens (tertiary/aromatic N) is 4. The normalized spacial score (nSPS) is 11.3. The van der Waals surface area contributed by atoms with Crippen LogP contribution in [0.5, 0.6) is 5.75 Å². The largest absolute Gasteiger partial charge is 0.496 e. The van der Waals surface area contributed by atoms with Crippen LogP contribution in [0.25, 0.3) is 21.6 Å². The number of carboxylic acid groups (broad SMARTS) is 1. The minimum Gasteiger partial charge on any atom is -0.496 e. The number of carboxylic acids is 1. The Balaban J connectivity index is 1.50. The van der Waals surface area contributed by atoms with Gasteiger partial charge >= 0.3 is 5.97 Å². The van der Waals surface area contributed by atoms with Gasteiger partial charge < -0.3 is 19.2 Å². The number of nitrogens with one attached hydrogen (secondary N) is 1. The number of aromatic nitrogens is 5. The molecule has 0 aliphatic carbocycles. The molecule has 12 heteroatoms. The lowest BCUT2D eigenvalue weighted by atomic mass is 10.2. The molecule has 0 unspecified atom stereocenters. The van der Waals surface area contributed by atoms with E-state index in [-0.39, 0.29) is 10.4 Å². The molecule has 0 spiro atoms. The Morgan fingerprint density at radius 3 is 2.83 bits per heavy atom. The highest BCUT2D eigenvalue weighted by Gasteiger charge is 2.21. The third-order valence-electron chi connectivity index (χ3n) is 5.34. The first-order valence-electron chi connectivity index (χ1n) is 10.4. The molecule has 0 saturated heterocycles. The Morgan fingerprint density at radius 1 is 1.26 bits per heavy atom. The quantitative estimate of drug-likeness (QED) is 0.295. The number of aromatic amines is 1. The first-order valence-corrected chi connectivity index (χ1v) is 12.2. The van der Waals surface area contributed by atoms with E-state index in [9.17, 15) is 14.7 Å². The third kappa shape index (κ3) is 4.33. The number of methoxy groups -OCH3 is 1. The molecule has 1 aromatic carbocycles. The first kappa shape index (κ1) is 22.9. The van der Waals surface area contributed by atoms with Gasteiger partial charge in [-0.2, -0.15) is 0 Å². The van der Waals surface area contributed by atoms with Gasteiger partial charge in [0.15, 0.2) is 11.0 Å². The van der Waals surface area contributed by atoms with E-state index in [4.69, 9.17) is 9.15 Å². The van der Waals surface area contributed by atoms with Crippen molar-refractivity contribution in [1.29, 1.82) is 0 Å². The van der Waals surface area contributed by atoms with Crippen LogP contribution in [0.15, 0.2) is 57.0 Å². The van der Waals surface area contributed by atoms with Crippen molar-refractivity contribution in [2.75, 3.05) is 7.11 Å². The first-order chi connectivity index (χ1) is 17.0. The van der Waals surface area contributed by atoms with Crippen LogP contribution in [0.2, 0.25) is 0 Å². The Labute approximate surface area is 206 Å². The zero-order valence-electron chi connectivity index (χ0n) is 18.6. The van der Waals surface area contributed by atoms with Crippen molar-refractivity contribution in [3.05, 3.63) is 75.0 Å². The monoisotopic (exact) mass is 509 g/mol. The fourth-order valence-corrected chi connectivity index (χ4v) is 5.57. The number of thiophene rings is 1. The number of ether oxygens (including phenoxy) is 1. The summed E-state index contributed by atoms with van der Waals surface area (Å²) in [6.45, 7) is 2.01. The van der Waals surface area contributed by atoms with Crippen molar-refractivity contribution in [2.24, 2.45) is 0 Å². The standard InChI is InChI=1S/C23H19N5O5S2/c1-12-17-20(29)24-16(25-21(17)35-18(12)22(30)31)11-34-23-27-26-19(14-7-3-4-8-15(14)32-2)28(23)10-13-6-5-9-33-13/h3-9H,10-11H2,1-2H3,(H,30,31)(H,24,25,29). The highest BCUT2D eigenvalue weighted by molar-refractivity contribution is 7.98. The van der Waals surface area contributed by atoms with E-state index in [2.05, 4.69) is 20.2 Å². The predicted octanol–water partition coefficient (Wildman–Crippen LogP) is 4.19. The lowest BCUT2D eigenvalue weighted by Gasteiger charge is -2.11. The van der Waals surface area contributed by atoms with Crippen LogP contribution in [0.3, 0.4) is 0 Å². The van der Waals surface area contributed by atoms with E-state index in [1.807, 2.05) is 41.0 Å². The molecule has 0 bridgehead atoms. The molecule has 0 fully saturated rings. The molecular formula is C23H19N5O5S2. The van der Waals surface area contributed by atoms with E-state index in [0.717, 1.165) is 22.7 Å². The summed E-state index contributed by atoms with van der Waals surface area (Å²) in [6, 6.07) is 11.2. The molecule has 0 aliphatic heterocycles. The van der Waals surface area contributed by atoms with Crippen LogP contribution in [-0.4, -0.2) is 42.9 Å². The number of thioether (sulfide) groups is 1. The van der Waals surface area contributed by atoms with E-state index in [1.54, 1.807) is 20.3 Å². The molecule has 2 N–H and O–H groups in total. The number of aromatic carboxylic acids is 1. The van der Waals surface area contributed by atoms with Crippen LogP contribution in [0, 0.1) is 6.92 Å². The maximum absolute atomic E-state index is 12.7. The molecule has 0 amide bonds. The number of rotatable bonds is 8. The number of H-pyrrole nitrogens is 1. The number of carbonyl (C=O) groups is 1. The van der Waals surface area contributed by atoms with Gasteiger partial charge in [-0.15, -0.1) is 21.5 Å². The van der Waals surface area contributed by atoms with Gasteiger partial charge in [0, 0.05) is 0 Å².